The predicted molar refractivity (Wildman–Crippen MR) is 77.7 cm³/mol. The van der Waals surface area contributed by atoms with Crippen LogP contribution in [-0.2, 0) is 6.54 Å². The topological polar surface area (TPSA) is 20.7 Å². The molecule has 0 saturated heterocycles. The second kappa shape index (κ2) is 4.59. The van der Waals surface area contributed by atoms with E-state index in [1.807, 2.05) is 42.5 Å². The standard InChI is InChI=1S/C14H11ClN2S/c15-11-7-5-10(6-8-11)9-17-13-4-2-1-3-12(13)16-14(17)18/h1-8H,9H2,(H,16,18). The van der Waals surface area contributed by atoms with Crippen molar-refractivity contribution in [1.29, 1.82) is 0 Å². The number of halogens is 1. The molecule has 0 aliphatic carbocycles. The molecule has 2 nitrogen and oxygen atoms in total. The summed E-state index contributed by atoms with van der Waals surface area (Å²) in [6.45, 7) is 0.750. The molecule has 0 atom stereocenters. The molecule has 2 aromatic carbocycles. The highest BCUT2D eigenvalue weighted by atomic mass is 35.5. The number of imidazole rings is 1. The summed E-state index contributed by atoms with van der Waals surface area (Å²) in [5, 5.41) is 0.751. The van der Waals surface area contributed by atoms with Crippen LogP contribution in [0.15, 0.2) is 48.5 Å². The Bertz CT molecular complexity index is 740. The van der Waals surface area contributed by atoms with Gasteiger partial charge < -0.3 is 9.55 Å². The van der Waals surface area contributed by atoms with Gasteiger partial charge >= 0.3 is 0 Å². The third-order valence-corrected chi connectivity index (χ3v) is 3.51. The number of benzene rings is 2. The van der Waals surface area contributed by atoms with Crippen molar-refractivity contribution in [2.75, 3.05) is 0 Å². The number of nitrogens with one attached hydrogen (secondary N) is 1. The summed E-state index contributed by atoms with van der Waals surface area (Å²) in [5.41, 5.74) is 3.37. The van der Waals surface area contributed by atoms with Gasteiger partial charge in [0.15, 0.2) is 4.77 Å². The fraction of sp³-hybridized carbons (Fsp3) is 0.0714. The normalized spacial score (nSPS) is 10.9. The molecule has 0 unspecified atom stereocenters. The average molecular weight is 275 g/mol. The molecule has 1 aromatic heterocycles. The summed E-state index contributed by atoms with van der Waals surface area (Å²) in [7, 11) is 0. The van der Waals surface area contributed by atoms with E-state index < -0.39 is 0 Å². The van der Waals surface area contributed by atoms with Crippen LogP contribution in [0, 0.1) is 4.77 Å². The zero-order valence-electron chi connectivity index (χ0n) is 9.56. The Hall–Kier alpha value is -1.58. The summed E-state index contributed by atoms with van der Waals surface area (Å²) >= 11 is 11.2. The SMILES string of the molecule is S=c1[nH]c2ccccc2n1Cc1ccc(Cl)cc1. The second-order valence-corrected chi connectivity index (χ2v) is 4.98. The number of para-hydroxylation sites is 2. The highest BCUT2D eigenvalue weighted by molar-refractivity contribution is 7.71. The van der Waals surface area contributed by atoms with E-state index in [1.165, 1.54) is 5.56 Å². The van der Waals surface area contributed by atoms with Gasteiger partial charge in [0.25, 0.3) is 0 Å². The molecule has 0 spiro atoms. The molecular formula is C14H11ClN2S. The van der Waals surface area contributed by atoms with Crippen molar-refractivity contribution in [1.82, 2.24) is 9.55 Å². The van der Waals surface area contributed by atoms with Crippen LogP contribution in [0.4, 0.5) is 0 Å². The molecule has 0 aliphatic rings. The van der Waals surface area contributed by atoms with Gasteiger partial charge in [-0.25, -0.2) is 0 Å². The summed E-state index contributed by atoms with van der Waals surface area (Å²) in [6, 6.07) is 16.0. The van der Waals surface area contributed by atoms with Crippen molar-refractivity contribution in [2.45, 2.75) is 6.54 Å². The van der Waals surface area contributed by atoms with E-state index in [1.54, 1.807) is 0 Å². The van der Waals surface area contributed by atoms with Crippen LogP contribution in [0.2, 0.25) is 5.02 Å². The third-order valence-electron chi connectivity index (χ3n) is 2.94. The number of hydrogen-bond donors (Lipinski definition) is 1. The maximum atomic E-state index is 5.89. The Morgan fingerprint density at radius 1 is 1.06 bits per heavy atom. The largest absolute Gasteiger partial charge is 0.331 e. The van der Waals surface area contributed by atoms with E-state index >= 15 is 0 Å². The lowest BCUT2D eigenvalue weighted by molar-refractivity contribution is 0.810. The lowest BCUT2D eigenvalue weighted by Gasteiger charge is -2.04. The first kappa shape index (κ1) is 11.5. The minimum absolute atomic E-state index is 0.742. The maximum Gasteiger partial charge on any atom is 0.178 e. The number of rotatable bonds is 2. The minimum atomic E-state index is 0.742. The van der Waals surface area contributed by atoms with Crippen LogP contribution in [0.1, 0.15) is 5.56 Å². The first-order valence-electron chi connectivity index (χ1n) is 5.66. The zero-order chi connectivity index (χ0) is 12.5. The van der Waals surface area contributed by atoms with Gasteiger partial charge in [-0.3, -0.25) is 0 Å². The van der Waals surface area contributed by atoms with E-state index in [9.17, 15) is 0 Å². The van der Waals surface area contributed by atoms with E-state index in [-0.39, 0.29) is 0 Å². The van der Waals surface area contributed by atoms with E-state index in [0.29, 0.717) is 0 Å². The van der Waals surface area contributed by atoms with Crippen LogP contribution >= 0.6 is 23.8 Å². The Labute approximate surface area is 115 Å². The number of fused-ring (bicyclic) bond motifs is 1. The first-order valence-corrected chi connectivity index (χ1v) is 6.45. The molecule has 0 radical (unpaired) electrons. The zero-order valence-corrected chi connectivity index (χ0v) is 11.1. The molecular weight excluding hydrogens is 264 g/mol. The van der Waals surface area contributed by atoms with Crippen molar-refractivity contribution in [3.63, 3.8) is 0 Å². The lowest BCUT2D eigenvalue weighted by Crippen LogP contribution is -1.99. The Balaban J connectivity index is 2.07. The smallest absolute Gasteiger partial charge is 0.178 e. The van der Waals surface area contributed by atoms with Gasteiger partial charge in [-0.1, -0.05) is 35.9 Å². The van der Waals surface area contributed by atoms with Crippen molar-refractivity contribution in [3.8, 4) is 0 Å². The van der Waals surface area contributed by atoms with Crippen LogP contribution in [0.5, 0.6) is 0 Å². The summed E-state index contributed by atoms with van der Waals surface area (Å²) < 4.78 is 2.83. The van der Waals surface area contributed by atoms with Crippen LogP contribution in [0.25, 0.3) is 11.0 Å². The molecule has 0 bridgehead atoms. The molecule has 4 heteroatoms. The number of aromatic amines is 1. The van der Waals surface area contributed by atoms with E-state index in [0.717, 1.165) is 27.4 Å². The average Bonchev–Trinajstić information content (AvgIpc) is 2.69. The maximum absolute atomic E-state index is 5.89. The fourth-order valence-electron chi connectivity index (χ4n) is 2.04. The van der Waals surface area contributed by atoms with Gasteiger partial charge in [0, 0.05) is 5.02 Å². The van der Waals surface area contributed by atoms with Gasteiger partial charge in [0.05, 0.1) is 17.6 Å². The minimum Gasteiger partial charge on any atom is -0.331 e. The second-order valence-electron chi connectivity index (χ2n) is 4.16. The van der Waals surface area contributed by atoms with Gasteiger partial charge in [-0.05, 0) is 42.0 Å². The highest BCUT2D eigenvalue weighted by Crippen LogP contribution is 2.16. The van der Waals surface area contributed by atoms with Crippen molar-refractivity contribution in [3.05, 3.63) is 63.9 Å². The van der Waals surface area contributed by atoms with Crippen molar-refractivity contribution < 1.29 is 0 Å². The molecule has 3 aromatic rings. The number of hydrogen-bond acceptors (Lipinski definition) is 1. The van der Waals surface area contributed by atoms with Gasteiger partial charge in [0.1, 0.15) is 0 Å². The van der Waals surface area contributed by atoms with Crippen molar-refractivity contribution in [2.24, 2.45) is 0 Å². The molecule has 0 saturated carbocycles. The van der Waals surface area contributed by atoms with Crippen molar-refractivity contribution >= 4 is 34.9 Å². The van der Waals surface area contributed by atoms with Gasteiger partial charge in [0.2, 0.25) is 0 Å². The summed E-state index contributed by atoms with van der Waals surface area (Å²) in [4.78, 5) is 3.21. The predicted octanol–water partition coefficient (Wildman–Crippen LogP) is 4.40. The van der Waals surface area contributed by atoms with Crippen LogP contribution in [0.3, 0.4) is 0 Å². The van der Waals surface area contributed by atoms with E-state index in [4.69, 9.17) is 23.8 Å². The molecule has 18 heavy (non-hydrogen) atoms. The highest BCUT2D eigenvalue weighted by Gasteiger charge is 2.04. The van der Waals surface area contributed by atoms with Crippen LogP contribution in [-0.4, -0.2) is 9.55 Å². The Morgan fingerprint density at radius 3 is 2.56 bits per heavy atom. The fourth-order valence-corrected chi connectivity index (χ4v) is 2.44. The molecule has 1 heterocycles. The van der Waals surface area contributed by atoms with E-state index in [2.05, 4.69) is 15.6 Å². The molecule has 0 aliphatic heterocycles. The lowest BCUT2D eigenvalue weighted by atomic mass is 10.2. The molecule has 0 fully saturated rings. The third kappa shape index (κ3) is 2.07. The number of aromatic nitrogens is 2. The monoisotopic (exact) mass is 274 g/mol. The quantitative estimate of drug-likeness (QED) is 0.687. The number of nitrogens with zero attached hydrogens (tertiary/aromatic N) is 1. The molecule has 3 rings (SSSR count). The number of H-pyrrole nitrogens is 1. The summed E-state index contributed by atoms with van der Waals surface area (Å²) in [6.07, 6.45) is 0. The van der Waals surface area contributed by atoms with Gasteiger partial charge in [-0.15, -0.1) is 0 Å². The van der Waals surface area contributed by atoms with Gasteiger partial charge in [-0.2, -0.15) is 0 Å². The van der Waals surface area contributed by atoms with Crippen LogP contribution < -0.4 is 0 Å². The molecule has 90 valence electrons. The first-order chi connectivity index (χ1) is 8.74. The summed E-state index contributed by atoms with van der Waals surface area (Å²) in [5.74, 6) is 0. The Kier molecular flexibility index (Phi) is 2.94. The Morgan fingerprint density at radius 2 is 1.78 bits per heavy atom. The molecule has 1 N–H and O–H groups in total. The molecule has 0 amide bonds.